The van der Waals surface area contributed by atoms with Crippen molar-refractivity contribution in [3.63, 3.8) is 0 Å². The number of nitrogens with one attached hydrogen (secondary N) is 2. The van der Waals surface area contributed by atoms with Gasteiger partial charge < -0.3 is 20.6 Å². The molecule has 3 N–H and O–H groups in total. The van der Waals surface area contributed by atoms with Gasteiger partial charge in [-0.25, -0.2) is 9.59 Å². The smallest absolute Gasteiger partial charge is 0.326 e. The first kappa shape index (κ1) is 15.8. The Labute approximate surface area is 114 Å². The fourth-order valence-corrected chi connectivity index (χ4v) is 1.87. The monoisotopic (exact) mass is 271 g/mol. The van der Waals surface area contributed by atoms with Crippen LogP contribution in [0.15, 0.2) is 0 Å². The number of carbonyl (C=O) groups excluding carboxylic acids is 1. The molecular weight excluding hydrogens is 246 g/mol. The van der Waals surface area contributed by atoms with Gasteiger partial charge in [-0.15, -0.1) is 0 Å². The van der Waals surface area contributed by atoms with E-state index in [4.69, 9.17) is 5.11 Å². The van der Waals surface area contributed by atoms with Crippen LogP contribution in [0, 0.1) is 5.41 Å². The summed E-state index contributed by atoms with van der Waals surface area (Å²) in [5, 5.41) is 14.3. The molecule has 110 valence electrons. The molecule has 0 bridgehead atoms. The van der Waals surface area contributed by atoms with Crippen molar-refractivity contribution in [3.8, 4) is 0 Å². The molecule has 0 saturated heterocycles. The van der Waals surface area contributed by atoms with Gasteiger partial charge in [0, 0.05) is 19.1 Å². The summed E-state index contributed by atoms with van der Waals surface area (Å²) in [4.78, 5) is 25.0. The second-order valence-electron chi connectivity index (χ2n) is 6.25. The first-order valence-corrected chi connectivity index (χ1v) is 6.69. The molecule has 6 nitrogen and oxygen atoms in total. The summed E-state index contributed by atoms with van der Waals surface area (Å²) in [7, 11) is 2.03. The van der Waals surface area contributed by atoms with Gasteiger partial charge in [-0.3, -0.25) is 0 Å². The fourth-order valence-electron chi connectivity index (χ4n) is 1.87. The third-order valence-corrected chi connectivity index (χ3v) is 3.31. The fraction of sp³-hybridized carbons (Fsp3) is 0.846. The number of carbonyl (C=O) groups is 2. The minimum absolute atomic E-state index is 0.425. The second-order valence-corrected chi connectivity index (χ2v) is 6.25. The number of hydrogen-bond acceptors (Lipinski definition) is 3. The normalized spacial score (nSPS) is 17.1. The van der Waals surface area contributed by atoms with Gasteiger partial charge in [-0.1, -0.05) is 20.8 Å². The highest BCUT2D eigenvalue weighted by Gasteiger charge is 2.32. The molecular formula is C13H25N3O3. The standard InChI is InChI=1S/C13H25N3O3/c1-13(2,3)10(11(17)18)15-12(19)14-7-8-16(4)9-5-6-9/h9-10H,5-8H2,1-4H3,(H,17,18)(H2,14,15,19). The van der Waals surface area contributed by atoms with Gasteiger partial charge in [-0.2, -0.15) is 0 Å². The summed E-state index contributed by atoms with van der Waals surface area (Å²) < 4.78 is 0. The molecule has 0 spiro atoms. The van der Waals surface area contributed by atoms with Gasteiger partial charge in [0.15, 0.2) is 0 Å². The predicted octanol–water partition coefficient (Wildman–Crippen LogP) is 0.879. The number of likely N-dealkylation sites (N-methyl/N-ethyl adjacent to an activating group) is 1. The van der Waals surface area contributed by atoms with Crippen molar-refractivity contribution in [1.82, 2.24) is 15.5 Å². The highest BCUT2D eigenvalue weighted by molar-refractivity contribution is 5.83. The topological polar surface area (TPSA) is 81.7 Å². The Bertz CT molecular complexity index is 335. The first-order chi connectivity index (χ1) is 8.71. The average molecular weight is 271 g/mol. The van der Waals surface area contributed by atoms with Crippen LogP contribution in [0.3, 0.4) is 0 Å². The number of urea groups is 1. The van der Waals surface area contributed by atoms with E-state index in [9.17, 15) is 9.59 Å². The summed E-state index contributed by atoms with van der Waals surface area (Å²) in [5.74, 6) is -1.02. The molecule has 0 aromatic carbocycles. The number of aliphatic carboxylic acids is 1. The van der Waals surface area contributed by atoms with Crippen LogP contribution in [-0.2, 0) is 4.79 Å². The largest absolute Gasteiger partial charge is 0.480 e. The molecule has 1 saturated carbocycles. The number of carboxylic acid groups (broad SMARTS) is 1. The minimum atomic E-state index is -1.02. The zero-order chi connectivity index (χ0) is 14.6. The summed E-state index contributed by atoms with van der Waals surface area (Å²) in [5.41, 5.74) is -0.520. The van der Waals surface area contributed by atoms with Crippen LogP contribution in [0.2, 0.25) is 0 Å². The molecule has 1 aliphatic rings. The van der Waals surface area contributed by atoms with Crippen LogP contribution >= 0.6 is 0 Å². The van der Waals surface area contributed by atoms with Crippen LogP contribution in [0.1, 0.15) is 33.6 Å². The average Bonchev–Trinajstić information content (AvgIpc) is 3.07. The van der Waals surface area contributed by atoms with Gasteiger partial charge in [0.25, 0.3) is 0 Å². The molecule has 1 aliphatic carbocycles. The van der Waals surface area contributed by atoms with Crippen LogP contribution in [0.4, 0.5) is 4.79 Å². The zero-order valence-corrected chi connectivity index (χ0v) is 12.2. The Morgan fingerprint density at radius 2 is 1.95 bits per heavy atom. The van der Waals surface area contributed by atoms with Crippen LogP contribution in [0.5, 0.6) is 0 Å². The van der Waals surface area contributed by atoms with Gasteiger partial charge >= 0.3 is 12.0 Å². The first-order valence-electron chi connectivity index (χ1n) is 6.69. The summed E-state index contributed by atoms with van der Waals surface area (Å²) in [6, 6.07) is -0.661. The Kier molecular flexibility index (Phi) is 5.17. The Morgan fingerprint density at radius 1 is 1.37 bits per heavy atom. The maximum absolute atomic E-state index is 11.7. The van der Waals surface area contributed by atoms with E-state index in [-0.39, 0.29) is 0 Å². The molecule has 0 heterocycles. The van der Waals surface area contributed by atoms with E-state index in [1.807, 2.05) is 7.05 Å². The van der Waals surface area contributed by atoms with Crippen molar-refractivity contribution < 1.29 is 14.7 Å². The van der Waals surface area contributed by atoms with Crippen LogP contribution in [0.25, 0.3) is 0 Å². The summed E-state index contributed by atoms with van der Waals surface area (Å²) in [6.07, 6.45) is 2.46. The lowest BCUT2D eigenvalue weighted by molar-refractivity contribution is -0.141. The van der Waals surface area contributed by atoms with Crippen molar-refractivity contribution in [3.05, 3.63) is 0 Å². The molecule has 19 heavy (non-hydrogen) atoms. The molecule has 0 aromatic rings. The number of nitrogens with zero attached hydrogens (tertiary/aromatic N) is 1. The molecule has 1 fully saturated rings. The van der Waals surface area contributed by atoms with Gasteiger partial charge in [0.1, 0.15) is 6.04 Å². The van der Waals surface area contributed by atoms with Gasteiger partial charge in [0.2, 0.25) is 0 Å². The Morgan fingerprint density at radius 3 is 2.37 bits per heavy atom. The van der Waals surface area contributed by atoms with Crippen LogP contribution in [-0.4, -0.2) is 54.2 Å². The Hall–Kier alpha value is -1.30. The molecule has 1 rings (SSSR count). The molecule has 0 radical (unpaired) electrons. The van der Waals surface area contributed by atoms with E-state index in [2.05, 4.69) is 15.5 Å². The van der Waals surface area contributed by atoms with E-state index in [0.29, 0.717) is 12.6 Å². The van der Waals surface area contributed by atoms with E-state index in [1.54, 1.807) is 20.8 Å². The SMILES string of the molecule is CN(CCNC(=O)NC(C(=O)O)C(C)(C)C)C1CC1. The predicted molar refractivity (Wildman–Crippen MR) is 73.1 cm³/mol. The highest BCUT2D eigenvalue weighted by atomic mass is 16.4. The van der Waals surface area contributed by atoms with E-state index in [1.165, 1.54) is 12.8 Å². The molecule has 0 aliphatic heterocycles. The van der Waals surface area contributed by atoms with E-state index < -0.39 is 23.5 Å². The van der Waals surface area contributed by atoms with Crippen molar-refractivity contribution in [2.45, 2.75) is 45.7 Å². The lowest BCUT2D eigenvalue weighted by atomic mass is 9.87. The molecule has 0 aromatic heterocycles. The molecule has 1 atom stereocenters. The summed E-state index contributed by atoms with van der Waals surface area (Å²) >= 11 is 0. The van der Waals surface area contributed by atoms with E-state index >= 15 is 0 Å². The number of rotatable bonds is 6. The van der Waals surface area contributed by atoms with Gasteiger partial charge in [0.05, 0.1) is 0 Å². The minimum Gasteiger partial charge on any atom is -0.480 e. The van der Waals surface area contributed by atoms with Crippen molar-refractivity contribution in [1.29, 1.82) is 0 Å². The van der Waals surface area contributed by atoms with Crippen molar-refractivity contribution in [2.75, 3.05) is 20.1 Å². The number of hydrogen-bond donors (Lipinski definition) is 3. The van der Waals surface area contributed by atoms with Crippen molar-refractivity contribution >= 4 is 12.0 Å². The third-order valence-electron chi connectivity index (χ3n) is 3.31. The molecule has 2 amide bonds. The highest BCUT2D eigenvalue weighted by Crippen LogP contribution is 2.24. The number of carboxylic acids is 1. The van der Waals surface area contributed by atoms with E-state index in [0.717, 1.165) is 6.54 Å². The molecule has 6 heteroatoms. The van der Waals surface area contributed by atoms with Crippen LogP contribution < -0.4 is 10.6 Å². The van der Waals surface area contributed by atoms with Crippen molar-refractivity contribution in [2.24, 2.45) is 5.41 Å². The summed E-state index contributed by atoms with van der Waals surface area (Å²) in [6.45, 7) is 6.66. The number of amides is 2. The lowest BCUT2D eigenvalue weighted by Gasteiger charge is -2.28. The zero-order valence-electron chi connectivity index (χ0n) is 12.2. The molecule has 1 unspecified atom stereocenters. The maximum atomic E-state index is 11.7. The van der Waals surface area contributed by atoms with Gasteiger partial charge in [-0.05, 0) is 25.3 Å². The lowest BCUT2D eigenvalue weighted by Crippen LogP contribution is -2.52. The second kappa shape index (κ2) is 6.23. The maximum Gasteiger partial charge on any atom is 0.326 e. The Balaban J connectivity index is 2.30. The quantitative estimate of drug-likeness (QED) is 0.670. The third kappa shape index (κ3) is 5.46.